The van der Waals surface area contributed by atoms with Gasteiger partial charge in [0.05, 0.1) is 19.8 Å². The van der Waals surface area contributed by atoms with Gasteiger partial charge in [-0.1, -0.05) is 23.7 Å². The fourth-order valence-electron chi connectivity index (χ4n) is 5.66. The van der Waals surface area contributed by atoms with E-state index in [0.29, 0.717) is 63.0 Å². The maximum atomic E-state index is 13.6. The van der Waals surface area contributed by atoms with Gasteiger partial charge in [0, 0.05) is 43.2 Å². The van der Waals surface area contributed by atoms with E-state index in [1.807, 2.05) is 36.2 Å². The van der Waals surface area contributed by atoms with Crippen molar-refractivity contribution in [2.24, 2.45) is 11.8 Å². The maximum Gasteiger partial charge on any atom is 0.406 e. The van der Waals surface area contributed by atoms with Crippen LogP contribution in [0.15, 0.2) is 24.3 Å². The lowest BCUT2D eigenvalue weighted by atomic mass is 9.84. The van der Waals surface area contributed by atoms with Crippen molar-refractivity contribution in [3.63, 3.8) is 0 Å². The molecule has 1 aromatic rings. The van der Waals surface area contributed by atoms with Gasteiger partial charge in [0.25, 0.3) is 0 Å². The maximum absolute atomic E-state index is 13.6. The van der Waals surface area contributed by atoms with E-state index in [2.05, 4.69) is 20.7 Å². The number of piperidine rings is 1. The number of carbonyl (C=O) groups is 2. The van der Waals surface area contributed by atoms with E-state index in [1.54, 1.807) is 0 Å². The molecule has 3 atom stereocenters. The summed E-state index contributed by atoms with van der Waals surface area (Å²) in [7, 11) is 3.22. The smallest absolute Gasteiger partial charge is 0.406 e. The van der Waals surface area contributed by atoms with Crippen molar-refractivity contribution in [1.29, 1.82) is 0 Å². The number of likely N-dealkylation sites (N-methyl/N-ethyl adjacent to an activating group) is 1. The summed E-state index contributed by atoms with van der Waals surface area (Å²) in [4.78, 5) is 26.6. The zero-order chi connectivity index (χ0) is 27.3. The SMILES string of the molecule is CNC[C@H](CC1CCC(F)CC1)NC(=O)N1CCC[C@@H](C(Cc2cccc(Cl)c2)OCCNC(=O)OC)C1. The van der Waals surface area contributed by atoms with E-state index in [-0.39, 0.29) is 24.1 Å². The summed E-state index contributed by atoms with van der Waals surface area (Å²) in [5, 5.41) is 9.77. The molecule has 3 rings (SSSR count). The molecule has 1 aromatic carbocycles. The minimum absolute atomic E-state index is 0.0111. The Bertz CT molecular complexity index is 871. The van der Waals surface area contributed by atoms with Crippen molar-refractivity contribution in [3.8, 4) is 0 Å². The van der Waals surface area contributed by atoms with Crippen LogP contribution in [0, 0.1) is 11.8 Å². The second-order valence-corrected chi connectivity index (χ2v) is 11.0. The van der Waals surface area contributed by atoms with Gasteiger partial charge in [0.1, 0.15) is 6.17 Å². The highest BCUT2D eigenvalue weighted by atomic mass is 35.5. The zero-order valence-corrected chi connectivity index (χ0v) is 23.5. The van der Waals surface area contributed by atoms with Crippen LogP contribution < -0.4 is 16.0 Å². The average Bonchev–Trinajstić information content (AvgIpc) is 2.91. The van der Waals surface area contributed by atoms with Gasteiger partial charge in [0.15, 0.2) is 0 Å². The third-order valence-corrected chi connectivity index (χ3v) is 7.89. The Morgan fingerprint density at radius 1 is 1.21 bits per heavy atom. The Hall–Kier alpha value is -2.10. The lowest BCUT2D eigenvalue weighted by Crippen LogP contribution is -2.52. The summed E-state index contributed by atoms with van der Waals surface area (Å²) in [6, 6.07) is 7.70. The Balaban J connectivity index is 1.59. The van der Waals surface area contributed by atoms with Gasteiger partial charge in [-0.05, 0) is 82.0 Å². The highest BCUT2D eigenvalue weighted by Gasteiger charge is 2.32. The number of carbonyl (C=O) groups excluding carboxylic acids is 2. The molecule has 0 aromatic heterocycles. The highest BCUT2D eigenvalue weighted by Crippen LogP contribution is 2.30. The van der Waals surface area contributed by atoms with Crippen LogP contribution in [0.2, 0.25) is 5.02 Å². The van der Waals surface area contributed by atoms with Gasteiger partial charge in [0.2, 0.25) is 0 Å². The van der Waals surface area contributed by atoms with Crippen LogP contribution in [0.4, 0.5) is 14.0 Å². The van der Waals surface area contributed by atoms with Crippen LogP contribution in [0.1, 0.15) is 50.5 Å². The lowest BCUT2D eigenvalue weighted by Gasteiger charge is -2.38. The zero-order valence-electron chi connectivity index (χ0n) is 22.7. The number of hydrogen-bond donors (Lipinski definition) is 3. The summed E-state index contributed by atoms with van der Waals surface area (Å²) in [5.41, 5.74) is 1.07. The number of alkyl halides is 1. The van der Waals surface area contributed by atoms with E-state index in [0.717, 1.165) is 37.7 Å². The van der Waals surface area contributed by atoms with Crippen LogP contribution in [-0.2, 0) is 15.9 Å². The molecule has 1 saturated carbocycles. The number of urea groups is 1. The molecule has 1 heterocycles. The normalized spacial score (nSPS) is 23.4. The number of benzene rings is 1. The molecule has 2 fully saturated rings. The molecule has 214 valence electrons. The van der Waals surface area contributed by atoms with E-state index in [4.69, 9.17) is 16.3 Å². The van der Waals surface area contributed by atoms with Gasteiger partial charge in [-0.2, -0.15) is 0 Å². The predicted octanol–water partition coefficient (Wildman–Crippen LogP) is 4.55. The van der Waals surface area contributed by atoms with Gasteiger partial charge in [-0.15, -0.1) is 0 Å². The number of alkyl carbamates (subject to hydrolysis) is 1. The van der Waals surface area contributed by atoms with Crippen molar-refractivity contribution in [2.75, 3.05) is 46.9 Å². The molecule has 0 bridgehead atoms. The van der Waals surface area contributed by atoms with E-state index in [1.165, 1.54) is 7.11 Å². The highest BCUT2D eigenvalue weighted by molar-refractivity contribution is 6.30. The topological polar surface area (TPSA) is 91.9 Å². The van der Waals surface area contributed by atoms with Crippen LogP contribution in [0.25, 0.3) is 0 Å². The van der Waals surface area contributed by atoms with Gasteiger partial charge in [-0.3, -0.25) is 0 Å². The average molecular weight is 555 g/mol. The summed E-state index contributed by atoms with van der Waals surface area (Å²) in [5.74, 6) is 0.595. The third kappa shape index (κ3) is 10.2. The monoisotopic (exact) mass is 554 g/mol. The van der Waals surface area contributed by atoms with Crippen molar-refractivity contribution in [1.82, 2.24) is 20.9 Å². The van der Waals surface area contributed by atoms with Crippen molar-refractivity contribution >= 4 is 23.7 Å². The number of ether oxygens (including phenoxy) is 2. The molecular formula is C28H44ClFN4O4. The van der Waals surface area contributed by atoms with Gasteiger partial charge >= 0.3 is 12.1 Å². The van der Waals surface area contributed by atoms with Gasteiger partial charge in [-0.25, -0.2) is 14.0 Å². The second-order valence-electron chi connectivity index (χ2n) is 10.6. The molecule has 8 nitrogen and oxygen atoms in total. The Morgan fingerprint density at radius 3 is 2.71 bits per heavy atom. The molecule has 0 spiro atoms. The van der Waals surface area contributed by atoms with Crippen LogP contribution in [0.5, 0.6) is 0 Å². The number of likely N-dealkylation sites (tertiary alicyclic amines) is 1. The Morgan fingerprint density at radius 2 is 2.00 bits per heavy atom. The first-order valence-electron chi connectivity index (χ1n) is 13.9. The number of halogens is 2. The second kappa shape index (κ2) is 16.1. The lowest BCUT2D eigenvalue weighted by molar-refractivity contribution is -0.00635. The van der Waals surface area contributed by atoms with E-state index < -0.39 is 12.3 Å². The predicted molar refractivity (Wildman–Crippen MR) is 147 cm³/mol. The molecule has 1 aliphatic carbocycles. The Kier molecular flexibility index (Phi) is 12.9. The first-order valence-corrected chi connectivity index (χ1v) is 14.3. The first-order chi connectivity index (χ1) is 18.4. The molecule has 1 saturated heterocycles. The van der Waals surface area contributed by atoms with Crippen molar-refractivity contribution in [3.05, 3.63) is 34.9 Å². The minimum Gasteiger partial charge on any atom is -0.453 e. The van der Waals surface area contributed by atoms with Crippen molar-refractivity contribution < 1.29 is 23.5 Å². The van der Waals surface area contributed by atoms with E-state index >= 15 is 0 Å². The summed E-state index contributed by atoms with van der Waals surface area (Å²) < 4.78 is 24.5. The standard InChI is InChI=1S/C28H44ClFN4O4/c1-31-18-25(16-20-8-10-24(30)11-9-20)33-27(35)34-13-4-6-22(19-34)26(38-14-12-32-28(36)37-2)17-21-5-3-7-23(29)15-21/h3,5,7,15,20,22,24-26,31H,4,6,8-14,16-19H2,1-2H3,(H,32,36)(H,33,35)/t20?,22-,24?,25+,26?/m1/s1. The van der Waals surface area contributed by atoms with Crippen molar-refractivity contribution in [2.45, 2.75) is 69.7 Å². The number of methoxy groups -OCH3 is 1. The van der Waals surface area contributed by atoms with Gasteiger partial charge < -0.3 is 30.3 Å². The molecule has 3 amide bonds. The minimum atomic E-state index is -0.674. The fraction of sp³-hybridized carbons (Fsp3) is 0.714. The summed E-state index contributed by atoms with van der Waals surface area (Å²) >= 11 is 6.22. The number of nitrogens with zero attached hydrogens (tertiary/aromatic N) is 1. The molecule has 0 radical (unpaired) electrons. The quantitative estimate of drug-likeness (QED) is 0.330. The molecule has 1 unspecified atom stereocenters. The molecule has 2 aliphatic rings. The van der Waals surface area contributed by atoms with Crippen LogP contribution in [-0.4, -0.2) is 82.3 Å². The number of hydrogen-bond acceptors (Lipinski definition) is 5. The largest absolute Gasteiger partial charge is 0.453 e. The molecule has 38 heavy (non-hydrogen) atoms. The number of rotatable bonds is 12. The molecule has 3 N–H and O–H groups in total. The fourth-order valence-corrected chi connectivity index (χ4v) is 5.87. The summed E-state index contributed by atoms with van der Waals surface area (Å²) in [6.45, 7) is 2.67. The Labute approximate surface area is 231 Å². The van der Waals surface area contributed by atoms with E-state index in [9.17, 15) is 14.0 Å². The molecular weight excluding hydrogens is 511 g/mol. The summed E-state index contributed by atoms with van der Waals surface area (Å²) in [6.07, 6.45) is 5.10. The number of amides is 3. The number of nitrogens with one attached hydrogen (secondary N) is 3. The molecule has 1 aliphatic heterocycles. The molecule has 10 heteroatoms. The van der Waals surface area contributed by atoms with Crippen LogP contribution in [0.3, 0.4) is 0 Å². The van der Waals surface area contributed by atoms with Crippen LogP contribution >= 0.6 is 11.6 Å². The third-order valence-electron chi connectivity index (χ3n) is 7.66. The first kappa shape index (κ1) is 30.4.